The fourth-order valence-electron chi connectivity index (χ4n) is 2.33. The quantitative estimate of drug-likeness (QED) is 0.750. The third kappa shape index (κ3) is 4.31. The Bertz CT molecular complexity index is 606. The first-order chi connectivity index (χ1) is 9.97. The molecule has 0 spiro atoms. The summed E-state index contributed by atoms with van der Waals surface area (Å²) in [4.78, 5) is 4.20. The van der Waals surface area contributed by atoms with Crippen LogP contribution in [0.3, 0.4) is 0 Å². The van der Waals surface area contributed by atoms with Gasteiger partial charge in [-0.15, -0.1) is 0 Å². The molecule has 0 saturated carbocycles. The highest BCUT2D eigenvalue weighted by Gasteiger charge is 2.09. The predicted molar refractivity (Wildman–Crippen MR) is 93.9 cm³/mol. The number of nitrogens with one attached hydrogen (secondary N) is 1. The van der Waals surface area contributed by atoms with E-state index in [9.17, 15) is 0 Å². The van der Waals surface area contributed by atoms with Gasteiger partial charge in [0.2, 0.25) is 0 Å². The van der Waals surface area contributed by atoms with Crippen LogP contribution in [0.5, 0.6) is 0 Å². The van der Waals surface area contributed by atoms with E-state index in [4.69, 9.17) is 0 Å². The molecular formula is C18H23BrN2. The third-order valence-corrected chi connectivity index (χ3v) is 4.04. The standard InChI is InChI=1S/C18H23BrN2/c1-12(2)15-5-6-18(17(8-15)13(3)4)21-10-14-7-16(19)11-20-9-14/h5-9,11-13,21H,10H2,1-4H3. The van der Waals surface area contributed by atoms with E-state index < -0.39 is 0 Å². The summed E-state index contributed by atoms with van der Waals surface area (Å²) >= 11 is 3.46. The van der Waals surface area contributed by atoms with Crippen molar-refractivity contribution in [2.75, 3.05) is 5.32 Å². The zero-order chi connectivity index (χ0) is 15.4. The summed E-state index contributed by atoms with van der Waals surface area (Å²) in [5, 5.41) is 3.54. The average molecular weight is 347 g/mol. The number of rotatable bonds is 5. The molecule has 112 valence electrons. The van der Waals surface area contributed by atoms with Gasteiger partial charge in [0.25, 0.3) is 0 Å². The summed E-state index contributed by atoms with van der Waals surface area (Å²) in [6.45, 7) is 9.74. The number of nitrogens with zero attached hydrogens (tertiary/aromatic N) is 1. The van der Waals surface area contributed by atoms with Crippen LogP contribution in [-0.4, -0.2) is 4.98 Å². The third-order valence-electron chi connectivity index (χ3n) is 3.61. The molecule has 2 aromatic rings. The molecule has 1 aromatic carbocycles. The molecule has 0 aliphatic carbocycles. The van der Waals surface area contributed by atoms with Gasteiger partial charge in [-0.05, 0) is 56.6 Å². The molecule has 0 saturated heterocycles. The number of anilines is 1. The molecule has 1 aromatic heterocycles. The second-order valence-corrected chi connectivity index (χ2v) is 6.94. The Morgan fingerprint density at radius 1 is 1.05 bits per heavy atom. The minimum Gasteiger partial charge on any atom is -0.381 e. The van der Waals surface area contributed by atoms with Crippen molar-refractivity contribution in [3.63, 3.8) is 0 Å². The Morgan fingerprint density at radius 3 is 2.43 bits per heavy atom. The predicted octanol–water partition coefficient (Wildman–Crippen LogP) is 5.70. The van der Waals surface area contributed by atoms with Crippen LogP contribution in [0.1, 0.15) is 56.2 Å². The van der Waals surface area contributed by atoms with Crippen molar-refractivity contribution in [1.82, 2.24) is 4.98 Å². The van der Waals surface area contributed by atoms with E-state index in [0.717, 1.165) is 11.0 Å². The van der Waals surface area contributed by atoms with Crippen molar-refractivity contribution < 1.29 is 0 Å². The Hall–Kier alpha value is -1.35. The van der Waals surface area contributed by atoms with Gasteiger partial charge in [-0.2, -0.15) is 0 Å². The van der Waals surface area contributed by atoms with Gasteiger partial charge in [-0.25, -0.2) is 0 Å². The van der Waals surface area contributed by atoms with Gasteiger partial charge in [0, 0.05) is 29.1 Å². The number of hydrogen-bond donors (Lipinski definition) is 1. The molecule has 0 unspecified atom stereocenters. The van der Waals surface area contributed by atoms with Crippen molar-refractivity contribution in [1.29, 1.82) is 0 Å². The molecule has 2 nitrogen and oxygen atoms in total. The van der Waals surface area contributed by atoms with Crippen LogP contribution < -0.4 is 5.32 Å². The maximum absolute atomic E-state index is 4.20. The Morgan fingerprint density at radius 2 is 1.81 bits per heavy atom. The topological polar surface area (TPSA) is 24.9 Å². The maximum atomic E-state index is 4.20. The Labute approximate surface area is 136 Å². The van der Waals surface area contributed by atoms with Crippen LogP contribution in [0.15, 0.2) is 41.1 Å². The zero-order valence-electron chi connectivity index (χ0n) is 13.2. The van der Waals surface area contributed by atoms with Crippen LogP contribution in [0, 0.1) is 0 Å². The summed E-state index contributed by atoms with van der Waals surface area (Å²) in [7, 11) is 0. The Balaban J connectivity index is 2.19. The Kier molecular flexibility index (Phi) is 5.40. The first-order valence-electron chi connectivity index (χ1n) is 7.44. The highest BCUT2D eigenvalue weighted by molar-refractivity contribution is 9.10. The number of pyridine rings is 1. The highest BCUT2D eigenvalue weighted by Crippen LogP contribution is 2.28. The van der Waals surface area contributed by atoms with Crippen LogP contribution in [0.25, 0.3) is 0 Å². The van der Waals surface area contributed by atoms with Gasteiger partial charge in [0.1, 0.15) is 0 Å². The summed E-state index contributed by atoms with van der Waals surface area (Å²) in [6, 6.07) is 8.85. The monoisotopic (exact) mass is 346 g/mol. The van der Waals surface area contributed by atoms with Crippen molar-refractivity contribution in [2.45, 2.75) is 46.1 Å². The molecule has 1 heterocycles. The smallest absolute Gasteiger partial charge is 0.0416 e. The number of benzene rings is 1. The van der Waals surface area contributed by atoms with E-state index in [2.05, 4.69) is 78.2 Å². The van der Waals surface area contributed by atoms with E-state index in [1.807, 2.05) is 6.20 Å². The van der Waals surface area contributed by atoms with Gasteiger partial charge in [0.15, 0.2) is 0 Å². The van der Waals surface area contributed by atoms with E-state index >= 15 is 0 Å². The van der Waals surface area contributed by atoms with Gasteiger partial charge >= 0.3 is 0 Å². The zero-order valence-corrected chi connectivity index (χ0v) is 14.7. The molecule has 0 radical (unpaired) electrons. The number of halogens is 1. The fraction of sp³-hybridized carbons (Fsp3) is 0.389. The van der Waals surface area contributed by atoms with Gasteiger partial charge in [-0.3, -0.25) is 4.98 Å². The largest absolute Gasteiger partial charge is 0.381 e. The van der Waals surface area contributed by atoms with E-state index in [-0.39, 0.29) is 0 Å². The molecule has 0 atom stereocenters. The van der Waals surface area contributed by atoms with Crippen LogP contribution in [-0.2, 0) is 6.54 Å². The normalized spacial score (nSPS) is 11.2. The van der Waals surface area contributed by atoms with Crippen molar-refractivity contribution in [2.24, 2.45) is 0 Å². The molecule has 1 N–H and O–H groups in total. The average Bonchev–Trinajstić information content (AvgIpc) is 2.44. The minimum absolute atomic E-state index is 0.506. The first kappa shape index (κ1) is 16.0. The van der Waals surface area contributed by atoms with Crippen LogP contribution in [0.2, 0.25) is 0 Å². The molecule has 0 fully saturated rings. The van der Waals surface area contributed by atoms with E-state index in [1.54, 1.807) is 6.20 Å². The maximum Gasteiger partial charge on any atom is 0.0416 e. The molecule has 21 heavy (non-hydrogen) atoms. The van der Waals surface area contributed by atoms with Gasteiger partial charge < -0.3 is 5.32 Å². The lowest BCUT2D eigenvalue weighted by molar-refractivity contribution is 0.833. The van der Waals surface area contributed by atoms with E-state index in [0.29, 0.717) is 11.8 Å². The number of hydrogen-bond acceptors (Lipinski definition) is 2. The SMILES string of the molecule is CC(C)c1ccc(NCc2cncc(Br)c2)c(C(C)C)c1. The molecule has 3 heteroatoms. The van der Waals surface area contributed by atoms with E-state index in [1.165, 1.54) is 22.4 Å². The van der Waals surface area contributed by atoms with Crippen molar-refractivity contribution in [3.8, 4) is 0 Å². The summed E-state index contributed by atoms with van der Waals surface area (Å²) in [6.07, 6.45) is 3.70. The molecule has 0 aliphatic rings. The van der Waals surface area contributed by atoms with Gasteiger partial charge in [-0.1, -0.05) is 39.8 Å². The van der Waals surface area contributed by atoms with Crippen LogP contribution >= 0.6 is 15.9 Å². The second kappa shape index (κ2) is 7.08. The summed E-state index contributed by atoms with van der Waals surface area (Å²) in [5.74, 6) is 1.07. The lowest BCUT2D eigenvalue weighted by Gasteiger charge is -2.17. The molecule has 0 bridgehead atoms. The second-order valence-electron chi connectivity index (χ2n) is 6.02. The molecule has 0 amide bonds. The lowest BCUT2D eigenvalue weighted by atomic mass is 9.94. The van der Waals surface area contributed by atoms with Crippen LogP contribution in [0.4, 0.5) is 5.69 Å². The van der Waals surface area contributed by atoms with Gasteiger partial charge in [0.05, 0.1) is 0 Å². The first-order valence-corrected chi connectivity index (χ1v) is 8.23. The summed E-state index contributed by atoms with van der Waals surface area (Å²) in [5.41, 5.74) is 5.17. The highest BCUT2D eigenvalue weighted by atomic mass is 79.9. The minimum atomic E-state index is 0.506. The molecular weight excluding hydrogens is 324 g/mol. The molecule has 0 aliphatic heterocycles. The summed E-state index contributed by atoms with van der Waals surface area (Å²) < 4.78 is 1.01. The molecule has 2 rings (SSSR count). The fourth-order valence-corrected chi connectivity index (χ4v) is 2.74. The number of aromatic nitrogens is 1. The van der Waals surface area contributed by atoms with Crippen molar-refractivity contribution >= 4 is 21.6 Å². The lowest BCUT2D eigenvalue weighted by Crippen LogP contribution is -2.05. The van der Waals surface area contributed by atoms with Crippen molar-refractivity contribution in [3.05, 3.63) is 57.8 Å².